The number of aliphatic hydroxyl groups is 2. The first-order valence-electron chi connectivity index (χ1n) is 4.86. The van der Waals surface area contributed by atoms with Gasteiger partial charge in [0.2, 0.25) is 0 Å². The molecule has 0 saturated carbocycles. The van der Waals surface area contributed by atoms with Gasteiger partial charge >= 0.3 is 5.97 Å². The minimum Gasteiger partial charge on any atom is -0.461 e. The molecule has 0 radical (unpaired) electrons. The van der Waals surface area contributed by atoms with Crippen molar-refractivity contribution in [2.75, 3.05) is 17.7 Å². The van der Waals surface area contributed by atoms with E-state index in [0.29, 0.717) is 0 Å². The molecular formula is C9H13BrN2O4S. The van der Waals surface area contributed by atoms with Crippen LogP contribution in [0.15, 0.2) is 0 Å². The van der Waals surface area contributed by atoms with E-state index in [1.54, 1.807) is 6.92 Å². The van der Waals surface area contributed by atoms with Gasteiger partial charge in [-0.25, -0.2) is 9.78 Å². The van der Waals surface area contributed by atoms with Crippen LogP contribution in [0.1, 0.15) is 28.4 Å². The SMILES string of the molecule is CCOC(=O)c1nc(N)sc1C(O)C(O)CBr. The summed E-state index contributed by atoms with van der Waals surface area (Å²) in [5.74, 6) is -0.656. The molecule has 0 amide bonds. The van der Waals surface area contributed by atoms with E-state index in [9.17, 15) is 15.0 Å². The topological polar surface area (TPSA) is 106 Å². The fourth-order valence-corrected chi connectivity index (χ4v) is 2.37. The van der Waals surface area contributed by atoms with Gasteiger partial charge in [0, 0.05) is 5.33 Å². The predicted octanol–water partition coefficient (Wildman–Crippen LogP) is 0.691. The summed E-state index contributed by atoms with van der Waals surface area (Å²) in [7, 11) is 0. The molecule has 2 unspecified atom stereocenters. The maximum Gasteiger partial charge on any atom is 0.358 e. The first kappa shape index (κ1) is 14.4. The average Bonchev–Trinajstić information content (AvgIpc) is 2.69. The molecule has 0 saturated heterocycles. The number of anilines is 1. The zero-order valence-electron chi connectivity index (χ0n) is 9.09. The van der Waals surface area contributed by atoms with Crippen LogP contribution in [0.2, 0.25) is 0 Å². The number of hydrogen-bond donors (Lipinski definition) is 3. The third kappa shape index (κ3) is 3.38. The molecule has 0 bridgehead atoms. The van der Waals surface area contributed by atoms with Crippen LogP contribution >= 0.6 is 27.3 Å². The Hall–Kier alpha value is -0.700. The highest BCUT2D eigenvalue weighted by Gasteiger charge is 2.27. The van der Waals surface area contributed by atoms with Gasteiger partial charge in [-0.1, -0.05) is 27.3 Å². The summed E-state index contributed by atoms with van der Waals surface area (Å²) in [6, 6.07) is 0. The molecule has 1 aromatic rings. The van der Waals surface area contributed by atoms with E-state index in [1.165, 1.54) is 0 Å². The van der Waals surface area contributed by atoms with E-state index in [1.807, 2.05) is 0 Å². The Morgan fingerprint density at radius 1 is 1.65 bits per heavy atom. The fraction of sp³-hybridized carbons (Fsp3) is 0.556. The van der Waals surface area contributed by atoms with Crippen molar-refractivity contribution in [2.24, 2.45) is 0 Å². The summed E-state index contributed by atoms with van der Waals surface area (Å²) in [5, 5.41) is 19.7. The first-order chi connectivity index (χ1) is 8.01. The second kappa shape index (κ2) is 6.29. The van der Waals surface area contributed by atoms with E-state index in [4.69, 9.17) is 10.5 Å². The molecule has 0 aromatic carbocycles. The highest BCUT2D eigenvalue weighted by molar-refractivity contribution is 9.09. The molecule has 4 N–H and O–H groups in total. The summed E-state index contributed by atoms with van der Waals surface area (Å²) < 4.78 is 4.79. The van der Waals surface area contributed by atoms with Crippen molar-refractivity contribution in [1.82, 2.24) is 4.98 Å². The van der Waals surface area contributed by atoms with E-state index >= 15 is 0 Å². The van der Waals surface area contributed by atoms with Crippen molar-refractivity contribution in [3.8, 4) is 0 Å². The van der Waals surface area contributed by atoms with Crippen molar-refractivity contribution in [2.45, 2.75) is 19.1 Å². The van der Waals surface area contributed by atoms with E-state index in [0.717, 1.165) is 11.3 Å². The van der Waals surface area contributed by atoms with Crippen LogP contribution in [0, 0.1) is 0 Å². The second-order valence-electron chi connectivity index (χ2n) is 3.15. The van der Waals surface area contributed by atoms with Crippen LogP contribution in [0.3, 0.4) is 0 Å². The van der Waals surface area contributed by atoms with Crippen LogP contribution in [0.25, 0.3) is 0 Å². The lowest BCUT2D eigenvalue weighted by molar-refractivity contribution is 0.0333. The van der Waals surface area contributed by atoms with Crippen LogP contribution in [0.4, 0.5) is 5.13 Å². The van der Waals surface area contributed by atoms with Crippen molar-refractivity contribution < 1.29 is 19.7 Å². The van der Waals surface area contributed by atoms with Crippen LogP contribution in [-0.4, -0.2) is 39.2 Å². The monoisotopic (exact) mass is 324 g/mol. The number of halogens is 1. The van der Waals surface area contributed by atoms with Gasteiger partial charge in [0.05, 0.1) is 17.6 Å². The highest BCUT2D eigenvalue weighted by atomic mass is 79.9. The number of aromatic nitrogens is 1. The minimum absolute atomic E-state index is 0.0400. The molecule has 96 valence electrons. The Balaban J connectivity index is 3.02. The Kier molecular flexibility index (Phi) is 5.31. The fourth-order valence-electron chi connectivity index (χ4n) is 1.15. The molecule has 0 aliphatic carbocycles. The summed E-state index contributed by atoms with van der Waals surface area (Å²) >= 11 is 3.99. The molecule has 0 fully saturated rings. The maximum atomic E-state index is 11.6. The van der Waals surface area contributed by atoms with Crippen LogP contribution < -0.4 is 5.73 Å². The molecule has 2 atom stereocenters. The molecule has 6 nitrogen and oxygen atoms in total. The molecule has 1 heterocycles. The molecule has 17 heavy (non-hydrogen) atoms. The first-order valence-corrected chi connectivity index (χ1v) is 6.80. The lowest BCUT2D eigenvalue weighted by atomic mass is 10.1. The number of nitrogen functional groups attached to an aromatic ring is 1. The van der Waals surface area contributed by atoms with Crippen molar-refractivity contribution in [3.63, 3.8) is 0 Å². The number of rotatable bonds is 5. The maximum absolute atomic E-state index is 11.6. The zero-order chi connectivity index (χ0) is 13.0. The minimum atomic E-state index is -1.22. The smallest absolute Gasteiger partial charge is 0.358 e. The highest BCUT2D eigenvalue weighted by Crippen LogP contribution is 2.30. The Bertz CT molecular complexity index is 398. The van der Waals surface area contributed by atoms with Crippen molar-refractivity contribution in [3.05, 3.63) is 10.6 Å². The third-order valence-corrected chi connectivity index (χ3v) is 3.55. The summed E-state index contributed by atoms with van der Waals surface area (Å²) in [6.07, 6.45) is -2.26. The van der Waals surface area contributed by atoms with E-state index < -0.39 is 18.2 Å². The van der Waals surface area contributed by atoms with Crippen molar-refractivity contribution in [1.29, 1.82) is 0 Å². The molecule has 0 spiro atoms. The molecule has 0 aliphatic heterocycles. The van der Waals surface area contributed by atoms with Gasteiger partial charge in [0.1, 0.15) is 6.10 Å². The van der Waals surface area contributed by atoms with Gasteiger partial charge in [-0.15, -0.1) is 0 Å². The summed E-state index contributed by atoms with van der Waals surface area (Å²) in [6.45, 7) is 1.86. The average molecular weight is 325 g/mol. The standard InChI is InChI=1S/C9H13BrN2O4S/c1-2-16-8(15)5-7(17-9(11)12-5)6(14)4(13)3-10/h4,6,13-14H,2-3H2,1H3,(H2,11,12). The molecule has 1 aromatic heterocycles. The molecule has 0 aliphatic rings. The summed E-state index contributed by atoms with van der Waals surface area (Å²) in [4.78, 5) is 15.6. The van der Waals surface area contributed by atoms with Crippen LogP contribution in [0.5, 0.6) is 0 Å². The van der Waals surface area contributed by atoms with E-state index in [2.05, 4.69) is 20.9 Å². The Labute approximate surface area is 111 Å². The van der Waals surface area contributed by atoms with Crippen molar-refractivity contribution >= 4 is 38.4 Å². The zero-order valence-corrected chi connectivity index (χ0v) is 11.5. The second-order valence-corrected chi connectivity index (χ2v) is 4.86. The van der Waals surface area contributed by atoms with Gasteiger partial charge in [0.25, 0.3) is 0 Å². The Morgan fingerprint density at radius 3 is 2.82 bits per heavy atom. The number of nitrogens with two attached hydrogens (primary N) is 1. The van der Waals surface area contributed by atoms with E-state index in [-0.39, 0.29) is 27.6 Å². The lowest BCUT2D eigenvalue weighted by Gasteiger charge is -2.14. The number of thiazole rings is 1. The quantitative estimate of drug-likeness (QED) is 0.543. The third-order valence-electron chi connectivity index (χ3n) is 1.93. The number of ether oxygens (including phenoxy) is 1. The number of alkyl halides is 1. The predicted molar refractivity (Wildman–Crippen MR) is 67.2 cm³/mol. The normalized spacial score (nSPS) is 14.4. The van der Waals surface area contributed by atoms with Crippen LogP contribution in [-0.2, 0) is 4.74 Å². The molecule has 8 heteroatoms. The number of aliphatic hydroxyl groups excluding tert-OH is 2. The summed E-state index contributed by atoms with van der Waals surface area (Å²) in [5.41, 5.74) is 5.45. The van der Waals surface area contributed by atoms with Gasteiger partial charge in [0.15, 0.2) is 10.8 Å². The number of nitrogens with zero attached hydrogens (tertiary/aromatic N) is 1. The molecule has 1 rings (SSSR count). The number of hydrogen-bond acceptors (Lipinski definition) is 7. The lowest BCUT2D eigenvalue weighted by Crippen LogP contribution is -2.21. The van der Waals surface area contributed by atoms with Gasteiger partial charge in [-0.2, -0.15) is 0 Å². The van der Waals surface area contributed by atoms with Gasteiger partial charge in [-0.05, 0) is 6.92 Å². The van der Waals surface area contributed by atoms with Gasteiger partial charge < -0.3 is 20.7 Å². The number of carbonyl (C=O) groups is 1. The Morgan fingerprint density at radius 2 is 2.29 bits per heavy atom. The molecular weight excluding hydrogens is 312 g/mol. The largest absolute Gasteiger partial charge is 0.461 e. The van der Waals surface area contributed by atoms with Gasteiger partial charge in [-0.3, -0.25) is 0 Å². The number of carbonyl (C=O) groups excluding carboxylic acids is 1. The number of esters is 1.